The number of methoxy groups -OCH3 is 1. The van der Waals surface area contributed by atoms with Gasteiger partial charge in [-0.3, -0.25) is 5.43 Å². The van der Waals surface area contributed by atoms with Crippen LogP contribution in [0.2, 0.25) is 0 Å². The Balaban J connectivity index is 1.80. The molecule has 1 aliphatic rings. The lowest BCUT2D eigenvalue weighted by Gasteiger charge is -2.36. The molecule has 2 aromatic carbocycles. The van der Waals surface area contributed by atoms with Crippen LogP contribution in [0.5, 0.6) is 5.75 Å². The summed E-state index contributed by atoms with van der Waals surface area (Å²) in [4.78, 5) is 0. The summed E-state index contributed by atoms with van der Waals surface area (Å²) in [5.41, 5.74) is 6.78. The monoisotopic (exact) mass is 387 g/mol. The van der Waals surface area contributed by atoms with E-state index < -0.39 is 5.41 Å². The van der Waals surface area contributed by atoms with E-state index in [0.717, 1.165) is 29.8 Å². The Bertz CT molecular complexity index is 919. The molecule has 4 heteroatoms. The van der Waals surface area contributed by atoms with Gasteiger partial charge in [0.1, 0.15) is 5.75 Å². The van der Waals surface area contributed by atoms with Crippen molar-refractivity contribution in [3.8, 4) is 23.7 Å². The molecule has 1 aliphatic heterocycles. The molecule has 1 heterocycles. The summed E-state index contributed by atoms with van der Waals surface area (Å²) >= 11 is 0. The lowest BCUT2D eigenvalue weighted by molar-refractivity contribution is 0.0821. The zero-order valence-corrected chi connectivity index (χ0v) is 17.5. The number of rotatable bonds is 6. The molecule has 1 unspecified atom stereocenters. The van der Waals surface area contributed by atoms with Gasteiger partial charge in [-0.2, -0.15) is 5.26 Å². The number of piperidine rings is 1. The summed E-state index contributed by atoms with van der Waals surface area (Å²) in [7, 11) is 1.70. The van der Waals surface area contributed by atoms with Crippen LogP contribution in [0.1, 0.15) is 55.8 Å². The minimum atomic E-state index is -0.394. The SMILES string of the molecule is COc1ccc(C(C)(C)C#CC#N)cc1CNN1CCCCC1c1ccccc1. The summed E-state index contributed by atoms with van der Waals surface area (Å²) in [6.45, 7) is 5.78. The van der Waals surface area contributed by atoms with E-state index >= 15 is 0 Å². The average Bonchev–Trinajstić information content (AvgIpc) is 2.77. The van der Waals surface area contributed by atoms with E-state index in [1.165, 1.54) is 18.4 Å². The summed E-state index contributed by atoms with van der Waals surface area (Å²) in [5, 5.41) is 11.2. The molecular formula is C25H29N3O. The molecule has 0 bridgehead atoms. The Kier molecular flexibility index (Phi) is 6.94. The highest BCUT2D eigenvalue weighted by molar-refractivity contribution is 5.44. The predicted octanol–water partition coefficient (Wildman–Crippen LogP) is 4.73. The van der Waals surface area contributed by atoms with Gasteiger partial charge < -0.3 is 4.74 Å². The standard InChI is InChI=1S/C25H29N3O/c1-25(2,15-9-16-26)22-13-14-24(29-3)21(18-22)19-27-28-17-8-7-12-23(28)20-10-5-4-6-11-20/h4-6,10-11,13-14,18,23,27H,7-8,12,17,19H2,1-3H3. The zero-order valence-electron chi connectivity index (χ0n) is 17.5. The fraction of sp³-hybridized carbons (Fsp3) is 0.400. The number of nitrogens with one attached hydrogen (secondary N) is 1. The molecule has 0 saturated carbocycles. The fourth-order valence-electron chi connectivity index (χ4n) is 3.89. The van der Waals surface area contributed by atoms with E-state index in [4.69, 9.17) is 10.00 Å². The van der Waals surface area contributed by atoms with Crippen molar-refractivity contribution in [3.05, 3.63) is 65.2 Å². The Morgan fingerprint density at radius 2 is 1.97 bits per heavy atom. The molecule has 150 valence electrons. The van der Waals surface area contributed by atoms with Crippen LogP contribution in [0.4, 0.5) is 0 Å². The highest BCUT2D eigenvalue weighted by atomic mass is 16.5. The van der Waals surface area contributed by atoms with E-state index in [-0.39, 0.29) is 0 Å². The Hall–Kier alpha value is -2.79. The molecule has 0 amide bonds. The highest BCUT2D eigenvalue weighted by Crippen LogP contribution is 2.31. The van der Waals surface area contributed by atoms with E-state index in [2.05, 4.69) is 58.7 Å². The molecule has 3 rings (SSSR count). The van der Waals surface area contributed by atoms with Crippen molar-refractivity contribution in [2.75, 3.05) is 13.7 Å². The first-order valence-corrected chi connectivity index (χ1v) is 10.2. The van der Waals surface area contributed by atoms with Crippen LogP contribution in [0.3, 0.4) is 0 Å². The molecule has 4 nitrogen and oxygen atoms in total. The van der Waals surface area contributed by atoms with Gasteiger partial charge in [0.25, 0.3) is 0 Å². The van der Waals surface area contributed by atoms with E-state index in [0.29, 0.717) is 12.6 Å². The van der Waals surface area contributed by atoms with E-state index in [1.54, 1.807) is 7.11 Å². The second-order valence-electron chi connectivity index (χ2n) is 7.96. The van der Waals surface area contributed by atoms with Crippen molar-refractivity contribution in [1.82, 2.24) is 10.4 Å². The van der Waals surface area contributed by atoms with Gasteiger partial charge in [-0.1, -0.05) is 48.7 Å². The number of benzene rings is 2. The number of nitrogens with zero attached hydrogens (tertiary/aromatic N) is 2. The lowest BCUT2D eigenvalue weighted by Crippen LogP contribution is -2.43. The first-order chi connectivity index (χ1) is 14.0. The average molecular weight is 388 g/mol. The third-order valence-corrected chi connectivity index (χ3v) is 5.59. The Labute approximate surface area is 174 Å². The Morgan fingerprint density at radius 3 is 2.69 bits per heavy atom. The van der Waals surface area contributed by atoms with Gasteiger partial charge in [0.2, 0.25) is 0 Å². The van der Waals surface area contributed by atoms with Gasteiger partial charge in [-0.05, 0) is 49.9 Å². The summed E-state index contributed by atoms with van der Waals surface area (Å²) in [6, 6.07) is 19.2. The first kappa shape index (κ1) is 20.9. The third-order valence-electron chi connectivity index (χ3n) is 5.59. The van der Waals surface area contributed by atoms with Gasteiger partial charge in [0.05, 0.1) is 12.5 Å². The van der Waals surface area contributed by atoms with Gasteiger partial charge in [0, 0.05) is 30.6 Å². The number of hydrazine groups is 1. The van der Waals surface area contributed by atoms with Crippen LogP contribution in [0, 0.1) is 23.2 Å². The second kappa shape index (κ2) is 9.61. The Morgan fingerprint density at radius 1 is 1.17 bits per heavy atom. The zero-order chi connectivity index (χ0) is 20.7. The quantitative estimate of drug-likeness (QED) is 0.728. The fourth-order valence-corrected chi connectivity index (χ4v) is 3.89. The minimum Gasteiger partial charge on any atom is -0.496 e. The van der Waals surface area contributed by atoms with Crippen LogP contribution in [0.25, 0.3) is 0 Å². The molecule has 0 aliphatic carbocycles. The van der Waals surface area contributed by atoms with Crippen LogP contribution in [-0.4, -0.2) is 18.7 Å². The van der Waals surface area contributed by atoms with Crippen molar-refractivity contribution in [3.63, 3.8) is 0 Å². The minimum absolute atomic E-state index is 0.386. The molecule has 29 heavy (non-hydrogen) atoms. The summed E-state index contributed by atoms with van der Waals surface area (Å²) in [6.07, 6.45) is 3.61. The van der Waals surface area contributed by atoms with E-state index in [9.17, 15) is 0 Å². The lowest BCUT2D eigenvalue weighted by atomic mass is 9.84. The van der Waals surface area contributed by atoms with Gasteiger partial charge in [-0.25, -0.2) is 5.01 Å². The number of hydrogen-bond donors (Lipinski definition) is 1. The number of hydrogen-bond acceptors (Lipinski definition) is 4. The normalized spacial score (nSPS) is 17.1. The van der Waals surface area contributed by atoms with E-state index in [1.807, 2.05) is 32.0 Å². The molecule has 2 aromatic rings. The van der Waals surface area contributed by atoms with Gasteiger partial charge in [0.15, 0.2) is 6.07 Å². The van der Waals surface area contributed by atoms with Crippen molar-refractivity contribution in [1.29, 1.82) is 5.26 Å². The molecule has 1 fully saturated rings. The van der Waals surface area contributed by atoms with Crippen LogP contribution >= 0.6 is 0 Å². The summed E-state index contributed by atoms with van der Waals surface area (Å²) in [5.74, 6) is 6.44. The van der Waals surface area contributed by atoms with Crippen molar-refractivity contribution >= 4 is 0 Å². The number of nitriles is 1. The molecule has 0 radical (unpaired) electrons. The topological polar surface area (TPSA) is 48.3 Å². The first-order valence-electron chi connectivity index (χ1n) is 10.2. The molecule has 0 spiro atoms. The smallest absolute Gasteiger partial charge is 0.152 e. The largest absolute Gasteiger partial charge is 0.496 e. The maximum absolute atomic E-state index is 8.80. The second-order valence-corrected chi connectivity index (χ2v) is 7.96. The number of ether oxygens (including phenoxy) is 1. The van der Waals surface area contributed by atoms with Crippen LogP contribution in [0.15, 0.2) is 48.5 Å². The molecule has 1 N–H and O–H groups in total. The van der Waals surface area contributed by atoms with Crippen molar-refractivity contribution in [2.24, 2.45) is 0 Å². The third kappa shape index (κ3) is 5.18. The maximum Gasteiger partial charge on any atom is 0.152 e. The van der Waals surface area contributed by atoms with Crippen LogP contribution < -0.4 is 10.2 Å². The highest BCUT2D eigenvalue weighted by Gasteiger charge is 2.24. The van der Waals surface area contributed by atoms with Crippen molar-refractivity contribution < 1.29 is 4.74 Å². The van der Waals surface area contributed by atoms with Crippen molar-refractivity contribution in [2.45, 2.75) is 51.1 Å². The molecule has 1 saturated heterocycles. The predicted molar refractivity (Wildman–Crippen MR) is 116 cm³/mol. The molecule has 1 atom stereocenters. The summed E-state index contributed by atoms with van der Waals surface area (Å²) < 4.78 is 5.60. The maximum atomic E-state index is 8.80. The molecular weight excluding hydrogens is 358 g/mol. The molecule has 0 aromatic heterocycles. The van der Waals surface area contributed by atoms with Gasteiger partial charge >= 0.3 is 0 Å². The van der Waals surface area contributed by atoms with Gasteiger partial charge in [-0.15, -0.1) is 0 Å². The van der Waals surface area contributed by atoms with Crippen LogP contribution in [-0.2, 0) is 12.0 Å².